The average Bonchev–Trinajstić information content (AvgIpc) is 2.27. The lowest BCUT2D eigenvalue weighted by atomic mass is 9.84. The van der Waals surface area contributed by atoms with Gasteiger partial charge >= 0.3 is 12.0 Å². The van der Waals surface area contributed by atoms with Crippen molar-refractivity contribution in [2.45, 2.75) is 45.1 Å². The maximum absolute atomic E-state index is 11.8. The van der Waals surface area contributed by atoms with E-state index in [4.69, 9.17) is 5.11 Å². The molecule has 102 valence electrons. The van der Waals surface area contributed by atoms with Crippen molar-refractivity contribution in [1.29, 1.82) is 0 Å². The Labute approximate surface area is 108 Å². The molecule has 0 unspecified atom stereocenters. The lowest BCUT2D eigenvalue weighted by molar-refractivity contribution is -0.146. The molecule has 1 aliphatic heterocycles. The van der Waals surface area contributed by atoms with Gasteiger partial charge in [-0.3, -0.25) is 4.79 Å². The van der Waals surface area contributed by atoms with Gasteiger partial charge in [-0.25, -0.2) is 4.79 Å². The summed E-state index contributed by atoms with van der Waals surface area (Å²) in [6, 6.07) is 0.191. The Morgan fingerprint density at radius 1 is 1.22 bits per heavy atom. The van der Waals surface area contributed by atoms with E-state index < -0.39 is 5.97 Å². The second-order valence-corrected chi connectivity index (χ2v) is 5.52. The lowest BCUT2D eigenvalue weighted by Gasteiger charge is -2.38. The molecule has 5 heteroatoms. The van der Waals surface area contributed by atoms with Crippen LogP contribution in [0.1, 0.15) is 39.0 Å². The molecule has 0 aromatic rings. The molecule has 5 nitrogen and oxygen atoms in total. The van der Waals surface area contributed by atoms with Crippen LogP contribution in [0.5, 0.6) is 0 Å². The Bertz CT molecular complexity index is 318. The number of likely N-dealkylation sites (tertiary alicyclic amines) is 1. The summed E-state index contributed by atoms with van der Waals surface area (Å²) in [4.78, 5) is 24.1. The first-order chi connectivity index (χ1) is 8.60. The minimum absolute atomic E-state index is 0.0903. The predicted octanol–water partition coefficient (Wildman–Crippen LogP) is 1.68. The molecule has 1 saturated carbocycles. The fraction of sp³-hybridized carbons (Fsp3) is 0.846. The Morgan fingerprint density at radius 2 is 1.83 bits per heavy atom. The van der Waals surface area contributed by atoms with Crippen molar-refractivity contribution in [3.8, 4) is 0 Å². The number of urea groups is 1. The largest absolute Gasteiger partial charge is 0.481 e. The van der Waals surface area contributed by atoms with Gasteiger partial charge < -0.3 is 15.3 Å². The van der Waals surface area contributed by atoms with Crippen LogP contribution >= 0.6 is 0 Å². The van der Waals surface area contributed by atoms with Gasteiger partial charge in [0.15, 0.2) is 0 Å². The smallest absolute Gasteiger partial charge is 0.317 e. The van der Waals surface area contributed by atoms with Gasteiger partial charge in [0.1, 0.15) is 0 Å². The number of carboxylic acids is 1. The lowest BCUT2D eigenvalue weighted by Crippen LogP contribution is -2.57. The molecule has 1 heterocycles. The van der Waals surface area contributed by atoms with E-state index in [1.54, 1.807) is 4.90 Å². The molecular weight excluding hydrogens is 232 g/mol. The van der Waals surface area contributed by atoms with Crippen molar-refractivity contribution < 1.29 is 14.7 Å². The summed E-state index contributed by atoms with van der Waals surface area (Å²) in [5.74, 6) is -0.354. The number of nitrogens with one attached hydrogen (secondary N) is 1. The minimum Gasteiger partial charge on any atom is -0.481 e. The third kappa shape index (κ3) is 2.94. The molecule has 2 amide bonds. The SMILES string of the molecule is CCC1CCC(NC(=O)N2CC(C(=O)O)C2)CC1. The first-order valence-corrected chi connectivity index (χ1v) is 6.88. The highest BCUT2D eigenvalue weighted by molar-refractivity contribution is 5.79. The number of hydrogen-bond acceptors (Lipinski definition) is 2. The highest BCUT2D eigenvalue weighted by Crippen LogP contribution is 2.26. The standard InChI is InChI=1S/C13H22N2O3/c1-2-9-3-5-11(6-4-9)14-13(18)15-7-10(8-15)12(16)17/h9-11H,2-8H2,1H3,(H,14,18)(H,16,17). The summed E-state index contributed by atoms with van der Waals surface area (Å²) in [7, 11) is 0. The van der Waals surface area contributed by atoms with Crippen LogP contribution < -0.4 is 5.32 Å². The summed E-state index contributed by atoms with van der Waals surface area (Å²) in [5, 5.41) is 11.8. The number of nitrogens with zero attached hydrogens (tertiary/aromatic N) is 1. The topological polar surface area (TPSA) is 69.6 Å². The van der Waals surface area contributed by atoms with Crippen molar-refractivity contribution in [2.75, 3.05) is 13.1 Å². The molecule has 1 aliphatic carbocycles. The van der Waals surface area contributed by atoms with Gasteiger partial charge in [0, 0.05) is 19.1 Å². The summed E-state index contributed by atoms with van der Waals surface area (Å²) >= 11 is 0. The summed E-state index contributed by atoms with van der Waals surface area (Å²) in [5.41, 5.74) is 0. The van der Waals surface area contributed by atoms with Gasteiger partial charge in [0.2, 0.25) is 0 Å². The van der Waals surface area contributed by atoms with Crippen molar-refractivity contribution >= 4 is 12.0 Å². The molecule has 0 radical (unpaired) electrons. The third-order valence-electron chi connectivity index (χ3n) is 4.27. The van der Waals surface area contributed by atoms with E-state index in [0.717, 1.165) is 18.8 Å². The summed E-state index contributed by atoms with van der Waals surface area (Å²) < 4.78 is 0. The second kappa shape index (κ2) is 5.59. The first kappa shape index (κ1) is 13.2. The van der Waals surface area contributed by atoms with Crippen LogP contribution in [-0.4, -0.2) is 41.1 Å². The fourth-order valence-electron chi connectivity index (χ4n) is 2.78. The zero-order valence-electron chi connectivity index (χ0n) is 10.9. The van der Waals surface area contributed by atoms with E-state index in [1.165, 1.54) is 19.3 Å². The predicted molar refractivity (Wildman–Crippen MR) is 67.3 cm³/mol. The molecule has 0 atom stereocenters. The van der Waals surface area contributed by atoms with Crippen LogP contribution in [0.3, 0.4) is 0 Å². The molecule has 0 aromatic carbocycles. The van der Waals surface area contributed by atoms with Crippen LogP contribution in [0.15, 0.2) is 0 Å². The highest BCUT2D eigenvalue weighted by Gasteiger charge is 2.36. The van der Waals surface area contributed by atoms with Gasteiger partial charge in [-0.1, -0.05) is 13.3 Å². The Kier molecular flexibility index (Phi) is 4.09. The highest BCUT2D eigenvalue weighted by atomic mass is 16.4. The molecule has 2 N–H and O–H groups in total. The number of carbonyl (C=O) groups excluding carboxylic acids is 1. The van der Waals surface area contributed by atoms with Gasteiger partial charge in [-0.2, -0.15) is 0 Å². The fourth-order valence-corrected chi connectivity index (χ4v) is 2.78. The second-order valence-electron chi connectivity index (χ2n) is 5.52. The number of hydrogen-bond donors (Lipinski definition) is 2. The monoisotopic (exact) mass is 254 g/mol. The van der Waals surface area contributed by atoms with Crippen LogP contribution in [-0.2, 0) is 4.79 Å². The molecule has 1 saturated heterocycles. The third-order valence-corrected chi connectivity index (χ3v) is 4.27. The van der Waals surface area contributed by atoms with Crippen LogP contribution in [0.4, 0.5) is 4.79 Å². The van der Waals surface area contributed by atoms with E-state index >= 15 is 0 Å². The normalized spacial score (nSPS) is 28.6. The molecule has 2 aliphatic rings. The van der Waals surface area contributed by atoms with Gasteiger partial charge in [-0.05, 0) is 31.6 Å². The first-order valence-electron chi connectivity index (χ1n) is 6.88. The number of carboxylic acid groups (broad SMARTS) is 1. The average molecular weight is 254 g/mol. The van der Waals surface area contributed by atoms with E-state index in [0.29, 0.717) is 13.1 Å². The van der Waals surface area contributed by atoms with Crippen molar-refractivity contribution in [3.05, 3.63) is 0 Å². The summed E-state index contributed by atoms with van der Waals surface area (Å²) in [6.07, 6.45) is 5.73. The Morgan fingerprint density at radius 3 is 2.33 bits per heavy atom. The van der Waals surface area contributed by atoms with Gasteiger partial charge in [0.05, 0.1) is 5.92 Å². The Hall–Kier alpha value is -1.26. The maximum atomic E-state index is 11.8. The van der Waals surface area contributed by atoms with Crippen LogP contribution in [0.2, 0.25) is 0 Å². The molecule has 2 rings (SSSR count). The van der Waals surface area contributed by atoms with E-state index in [1.807, 2.05) is 0 Å². The minimum atomic E-state index is -0.803. The van der Waals surface area contributed by atoms with Crippen LogP contribution in [0.25, 0.3) is 0 Å². The van der Waals surface area contributed by atoms with Crippen molar-refractivity contribution in [3.63, 3.8) is 0 Å². The molecular formula is C13H22N2O3. The summed E-state index contributed by atoms with van der Waals surface area (Å²) in [6.45, 7) is 2.92. The maximum Gasteiger partial charge on any atom is 0.317 e. The molecule has 0 spiro atoms. The van der Waals surface area contributed by atoms with E-state index in [2.05, 4.69) is 12.2 Å². The van der Waals surface area contributed by atoms with Crippen LogP contribution in [0, 0.1) is 11.8 Å². The molecule has 0 aromatic heterocycles. The van der Waals surface area contributed by atoms with E-state index in [9.17, 15) is 9.59 Å². The molecule has 0 bridgehead atoms. The van der Waals surface area contributed by atoms with E-state index in [-0.39, 0.29) is 18.0 Å². The van der Waals surface area contributed by atoms with Gasteiger partial charge in [0.25, 0.3) is 0 Å². The zero-order valence-corrected chi connectivity index (χ0v) is 10.9. The zero-order chi connectivity index (χ0) is 13.1. The number of carbonyl (C=O) groups is 2. The quantitative estimate of drug-likeness (QED) is 0.805. The number of amides is 2. The number of aliphatic carboxylic acids is 1. The van der Waals surface area contributed by atoms with Crippen molar-refractivity contribution in [2.24, 2.45) is 11.8 Å². The molecule has 2 fully saturated rings. The van der Waals surface area contributed by atoms with Crippen molar-refractivity contribution in [1.82, 2.24) is 10.2 Å². The number of rotatable bonds is 3. The van der Waals surface area contributed by atoms with Gasteiger partial charge in [-0.15, -0.1) is 0 Å². The Balaban J connectivity index is 1.68. The molecule has 18 heavy (non-hydrogen) atoms.